The lowest BCUT2D eigenvalue weighted by molar-refractivity contribution is 0.245. The Kier molecular flexibility index (Phi) is 7.68. The van der Waals surface area contributed by atoms with Gasteiger partial charge in [-0.3, -0.25) is 9.58 Å². The standard InChI is InChI=1S/C32H31FN6O3S/c1-4-38(2)29(19-43(3,40)41)31-13-12-30(42-31)22-8-10-27-26(16-22)32(35-20-34-27)37-25-9-11-28-23(15-25)17-36-39(28)18-21-6-5-7-24(33)14-21/h5-17,20,29H,4,18-19H2,1-3H3,(H,34,35,37). The zero-order valence-corrected chi connectivity index (χ0v) is 24.8. The number of sulfone groups is 1. The molecule has 0 radical (unpaired) electrons. The maximum absolute atomic E-state index is 13.7. The second-order valence-electron chi connectivity index (χ2n) is 10.7. The van der Waals surface area contributed by atoms with Gasteiger partial charge in [0.25, 0.3) is 0 Å². The molecule has 6 rings (SSSR count). The van der Waals surface area contributed by atoms with Crippen molar-refractivity contribution in [1.82, 2.24) is 24.6 Å². The predicted molar refractivity (Wildman–Crippen MR) is 167 cm³/mol. The van der Waals surface area contributed by atoms with E-state index in [0.717, 1.165) is 38.6 Å². The number of aromatic nitrogens is 4. The topological polar surface area (TPSA) is 106 Å². The quantitative estimate of drug-likeness (QED) is 0.199. The van der Waals surface area contributed by atoms with E-state index in [1.165, 1.54) is 24.7 Å². The summed E-state index contributed by atoms with van der Waals surface area (Å²) in [6.45, 7) is 3.12. The maximum atomic E-state index is 13.7. The molecule has 0 amide bonds. The fourth-order valence-corrected chi connectivity index (χ4v) is 6.16. The smallest absolute Gasteiger partial charge is 0.149 e. The number of nitrogens with zero attached hydrogens (tertiary/aromatic N) is 5. The predicted octanol–water partition coefficient (Wildman–Crippen LogP) is 6.21. The molecule has 9 nitrogen and oxygen atoms in total. The van der Waals surface area contributed by atoms with E-state index in [1.54, 1.807) is 12.3 Å². The van der Waals surface area contributed by atoms with Crippen LogP contribution in [0.1, 0.15) is 24.3 Å². The summed E-state index contributed by atoms with van der Waals surface area (Å²) in [7, 11) is -1.34. The van der Waals surface area contributed by atoms with Crippen LogP contribution in [0, 0.1) is 5.82 Å². The van der Waals surface area contributed by atoms with Gasteiger partial charge < -0.3 is 9.73 Å². The molecule has 0 spiro atoms. The largest absolute Gasteiger partial charge is 0.459 e. The highest BCUT2D eigenvalue weighted by atomic mass is 32.2. The van der Waals surface area contributed by atoms with Gasteiger partial charge in [-0.05, 0) is 79.8 Å². The fourth-order valence-electron chi connectivity index (χ4n) is 5.17. The van der Waals surface area contributed by atoms with Gasteiger partial charge in [0, 0.05) is 28.3 Å². The number of hydrogen-bond donors (Lipinski definition) is 1. The number of nitrogens with one attached hydrogen (secondary N) is 1. The molecule has 6 aromatic rings. The van der Waals surface area contributed by atoms with E-state index in [-0.39, 0.29) is 17.6 Å². The lowest BCUT2D eigenvalue weighted by Crippen LogP contribution is -2.29. The van der Waals surface area contributed by atoms with Crippen molar-refractivity contribution in [2.24, 2.45) is 0 Å². The first-order chi connectivity index (χ1) is 20.7. The second-order valence-corrected chi connectivity index (χ2v) is 12.9. The molecule has 1 unspecified atom stereocenters. The molecule has 0 aliphatic heterocycles. The third kappa shape index (κ3) is 6.27. The Hall–Kier alpha value is -4.61. The first-order valence-corrected chi connectivity index (χ1v) is 15.9. The zero-order chi connectivity index (χ0) is 30.1. The minimum absolute atomic E-state index is 0.0298. The van der Waals surface area contributed by atoms with Crippen molar-refractivity contribution in [3.8, 4) is 11.3 Å². The number of anilines is 2. The monoisotopic (exact) mass is 598 g/mol. The van der Waals surface area contributed by atoms with Crippen molar-refractivity contribution in [3.63, 3.8) is 0 Å². The number of fused-ring (bicyclic) bond motifs is 2. The summed E-state index contributed by atoms with van der Waals surface area (Å²) in [5, 5.41) is 9.66. The molecule has 220 valence electrons. The van der Waals surface area contributed by atoms with E-state index < -0.39 is 9.84 Å². The van der Waals surface area contributed by atoms with E-state index in [2.05, 4.69) is 20.4 Å². The fraction of sp³-hybridized carbons (Fsp3) is 0.219. The Balaban J connectivity index is 1.28. The van der Waals surface area contributed by atoms with E-state index in [1.807, 2.05) is 78.2 Å². The van der Waals surface area contributed by atoms with Crippen molar-refractivity contribution in [2.75, 3.05) is 30.9 Å². The van der Waals surface area contributed by atoms with Crippen LogP contribution < -0.4 is 5.32 Å². The zero-order valence-electron chi connectivity index (χ0n) is 24.0. The summed E-state index contributed by atoms with van der Waals surface area (Å²) in [6, 6.07) is 21.6. The molecule has 11 heteroatoms. The lowest BCUT2D eigenvalue weighted by Gasteiger charge is -2.24. The van der Waals surface area contributed by atoms with E-state index >= 15 is 0 Å². The summed E-state index contributed by atoms with van der Waals surface area (Å²) >= 11 is 0. The van der Waals surface area contributed by atoms with Gasteiger partial charge in [-0.1, -0.05) is 19.1 Å². The second kappa shape index (κ2) is 11.6. The van der Waals surface area contributed by atoms with Crippen LogP contribution in [0.2, 0.25) is 0 Å². The molecule has 3 aromatic carbocycles. The Labute approximate surface area is 248 Å². The average Bonchev–Trinajstić information content (AvgIpc) is 3.63. The molecule has 1 N–H and O–H groups in total. The third-order valence-electron chi connectivity index (χ3n) is 7.49. The average molecular weight is 599 g/mol. The minimum atomic E-state index is -3.22. The molecule has 3 heterocycles. The van der Waals surface area contributed by atoms with Crippen molar-refractivity contribution < 1.29 is 17.2 Å². The molecule has 0 aliphatic carbocycles. The Morgan fingerprint density at radius 3 is 2.70 bits per heavy atom. The van der Waals surface area contributed by atoms with Gasteiger partial charge in [0.1, 0.15) is 39.3 Å². The molecule has 3 aromatic heterocycles. The molecule has 1 atom stereocenters. The highest BCUT2D eigenvalue weighted by Gasteiger charge is 2.24. The lowest BCUT2D eigenvalue weighted by atomic mass is 10.1. The summed E-state index contributed by atoms with van der Waals surface area (Å²) in [5.41, 5.74) is 4.18. The highest BCUT2D eigenvalue weighted by molar-refractivity contribution is 7.90. The van der Waals surface area contributed by atoms with Gasteiger partial charge in [0.05, 0.1) is 35.6 Å². The van der Waals surface area contributed by atoms with Crippen LogP contribution in [0.15, 0.2) is 89.7 Å². The number of benzene rings is 3. The van der Waals surface area contributed by atoms with Crippen LogP contribution in [-0.4, -0.2) is 58.7 Å². The first-order valence-electron chi connectivity index (χ1n) is 13.9. The number of rotatable bonds is 10. The van der Waals surface area contributed by atoms with Crippen molar-refractivity contribution in [2.45, 2.75) is 19.5 Å². The molecular weight excluding hydrogens is 567 g/mol. The van der Waals surface area contributed by atoms with Crippen molar-refractivity contribution >= 4 is 43.1 Å². The Morgan fingerprint density at radius 1 is 1.05 bits per heavy atom. The minimum Gasteiger partial charge on any atom is -0.459 e. The van der Waals surface area contributed by atoms with E-state index in [0.29, 0.717) is 30.4 Å². The molecular formula is C32H31FN6O3S. The van der Waals surface area contributed by atoms with Gasteiger partial charge in [-0.2, -0.15) is 5.10 Å². The molecule has 0 bridgehead atoms. The molecule has 0 saturated heterocycles. The van der Waals surface area contributed by atoms with Crippen LogP contribution in [0.25, 0.3) is 33.1 Å². The number of hydrogen-bond acceptors (Lipinski definition) is 8. The SMILES string of the molecule is CCN(C)C(CS(C)(=O)=O)c1ccc(-c2ccc3ncnc(Nc4ccc5c(cnn5Cc5cccc(F)c5)c4)c3c2)o1. The Bertz CT molecular complexity index is 2040. The van der Waals surface area contributed by atoms with Gasteiger partial charge in [-0.15, -0.1) is 0 Å². The number of furan rings is 1. The summed E-state index contributed by atoms with van der Waals surface area (Å²) in [4.78, 5) is 10.9. The Morgan fingerprint density at radius 2 is 1.91 bits per heavy atom. The van der Waals surface area contributed by atoms with E-state index in [9.17, 15) is 12.8 Å². The van der Waals surface area contributed by atoms with Crippen LogP contribution >= 0.6 is 0 Å². The summed E-state index contributed by atoms with van der Waals surface area (Å²) < 4.78 is 45.9. The normalized spacial score (nSPS) is 12.8. The van der Waals surface area contributed by atoms with Crippen molar-refractivity contribution in [3.05, 3.63) is 102 Å². The van der Waals surface area contributed by atoms with Gasteiger partial charge in [0.2, 0.25) is 0 Å². The van der Waals surface area contributed by atoms with Crippen LogP contribution in [0.3, 0.4) is 0 Å². The van der Waals surface area contributed by atoms with Crippen LogP contribution in [0.4, 0.5) is 15.9 Å². The maximum Gasteiger partial charge on any atom is 0.149 e. The van der Waals surface area contributed by atoms with Crippen LogP contribution in [-0.2, 0) is 16.4 Å². The highest BCUT2D eigenvalue weighted by Crippen LogP contribution is 2.33. The first kappa shape index (κ1) is 28.5. The molecule has 0 saturated carbocycles. The van der Waals surface area contributed by atoms with Crippen molar-refractivity contribution in [1.29, 1.82) is 0 Å². The van der Waals surface area contributed by atoms with E-state index in [4.69, 9.17) is 4.42 Å². The third-order valence-corrected chi connectivity index (χ3v) is 8.41. The number of halogens is 1. The summed E-state index contributed by atoms with van der Waals surface area (Å²) in [6.07, 6.45) is 4.54. The van der Waals surface area contributed by atoms with Crippen LogP contribution in [0.5, 0.6) is 0 Å². The van der Waals surface area contributed by atoms with Gasteiger partial charge in [0.15, 0.2) is 0 Å². The van der Waals surface area contributed by atoms with Gasteiger partial charge >= 0.3 is 0 Å². The summed E-state index contributed by atoms with van der Waals surface area (Å²) in [5.74, 6) is 1.55. The van der Waals surface area contributed by atoms with Gasteiger partial charge in [-0.25, -0.2) is 22.8 Å². The molecule has 0 aliphatic rings. The molecule has 43 heavy (non-hydrogen) atoms. The molecule has 0 fully saturated rings.